The Balaban J connectivity index is 1.53. The zero-order chi connectivity index (χ0) is 18.1. The third kappa shape index (κ3) is 3.57. The van der Waals surface area contributed by atoms with E-state index in [1.54, 1.807) is 9.58 Å². The normalized spacial score (nSPS) is 21.0. The molecule has 134 valence electrons. The number of fused-ring (bicyclic) bond motifs is 1. The van der Waals surface area contributed by atoms with E-state index in [1.807, 2.05) is 13.8 Å². The Kier molecular flexibility index (Phi) is 4.61. The highest BCUT2D eigenvalue weighted by Gasteiger charge is 2.31. The predicted octanol–water partition coefficient (Wildman–Crippen LogP) is 0.168. The fraction of sp³-hybridized carbons (Fsp3) is 0.529. The molecular formula is C17H23N5O3. The summed E-state index contributed by atoms with van der Waals surface area (Å²) >= 11 is 0. The average Bonchev–Trinajstić information content (AvgIpc) is 2.94. The topological polar surface area (TPSA) is 96.3 Å². The van der Waals surface area contributed by atoms with Gasteiger partial charge >= 0.3 is 0 Å². The third-order valence-electron chi connectivity index (χ3n) is 4.58. The molecule has 3 rings (SSSR count). The van der Waals surface area contributed by atoms with Gasteiger partial charge in [-0.1, -0.05) is 6.58 Å². The Bertz CT molecular complexity index is 720. The van der Waals surface area contributed by atoms with E-state index in [0.29, 0.717) is 31.2 Å². The van der Waals surface area contributed by atoms with Gasteiger partial charge in [-0.2, -0.15) is 5.10 Å². The lowest BCUT2D eigenvalue weighted by atomic mass is 9.92. The molecule has 1 aromatic heterocycles. The lowest BCUT2D eigenvalue weighted by Gasteiger charge is -2.39. The molecule has 2 aliphatic heterocycles. The number of amides is 3. The van der Waals surface area contributed by atoms with Gasteiger partial charge in [0, 0.05) is 31.2 Å². The van der Waals surface area contributed by atoms with Gasteiger partial charge in [-0.05, 0) is 32.3 Å². The molecule has 0 radical (unpaired) electrons. The molecule has 1 saturated heterocycles. The Morgan fingerprint density at radius 1 is 1.48 bits per heavy atom. The maximum atomic E-state index is 12.4. The summed E-state index contributed by atoms with van der Waals surface area (Å²) in [6.45, 7) is 9.25. The van der Waals surface area contributed by atoms with E-state index in [9.17, 15) is 14.4 Å². The Hall–Kier alpha value is -2.64. The van der Waals surface area contributed by atoms with Crippen molar-refractivity contribution in [2.75, 3.05) is 13.1 Å². The van der Waals surface area contributed by atoms with Gasteiger partial charge in [-0.25, -0.2) is 0 Å². The molecule has 2 N–H and O–H groups in total. The van der Waals surface area contributed by atoms with Crippen LogP contribution >= 0.6 is 0 Å². The van der Waals surface area contributed by atoms with Gasteiger partial charge < -0.3 is 15.5 Å². The number of hydrogen-bond donors (Lipinski definition) is 2. The molecule has 3 amide bonds. The van der Waals surface area contributed by atoms with Crippen LogP contribution < -0.4 is 10.6 Å². The van der Waals surface area contributed by atoms with Crippen molar-refractivity contribution in [1.82, 2.24) is 25.3 Å². The van der Waals surface area contributed by atoms with Crippen LogP contribution in [0.25, 0.3) is 0 Å². The first-order valence-corrected chi connectivity index (χ1v) is 8.48. The highest BCUT2D eigenvalue weighted by atomic mass is 16.2. The Morgan fingerprint density at radius 3 is 2.88 bits per heavy atom. The van der Waals surface area contributed by atoms with Gasteiger partial charge in [-0.15, -0.1) is 0 Å². The van der Waals surface area contributed by atoms with Crippen LogP contribution in [0.1, 0.15) is 41.2 Å². The van der Waals surface area contributed by atoms with Gasteiger partial charge in [0.2, 0.25) is 5.91 Å². The number of rotatable bonds is 5. The summed E-state index contributed by atoms with van der Waals surface area (Å²) < 4.78 is 1.58. The van der Waals surface area contributed by atoms with E-state index >= 15 is 0 Å². The number of nitrogens with zero attached hydrogens (tertiary/aromatic N) is 3. The zero-order valence-corrected chi connectivity index (χ0v) is 14.5. The quantitative estimate of drug-likeness (QED) is 0.744. The van der Waals surface area contributed by atoms with Crippen molar-refractivity contribution in [3.05, 3.63) is 30.1 Å². The first-order valence-electron chi connectivity index (χ1n) is 8.48. The van der Waals surface area contributed by atoms with Crippen molar-refractivity contribution in [2.45, 2.75) is 38.9 Å². The molecule has 1 aromatic rings. The van der Waals surface area contributed by atoms with Crippen molar-refractivity contribution in [3.8, 4) is 0 Å². The molecule has 3 heterocycles. The van der Waals surface area contributed by atoms with Crippen molar-refractivity contribution in [3.63, 3.8) is 0 Å². The minimum atomic E-state index is -0.284. The van der Waals surface area contributed by atoms with E-state index in [-0.39, 0.29) is 35.5 Å². The number of aromatic nitrogens is 2. The second kappa shape index (κ2) is 6.70. The molecule has 0 aromatic carbocycles. The van der Waals surface area contributed by atoms with Gasteiger partial charge in [-0.3, -0.25) is 19.1 Å². The highest BCUT2D eigenvalue weighted by molar-refractivity contribution is 5.98. The maximum Gasteiger partial charge on any atom is 0.272 e. The zero-order valence-electron chi connectivity index (χ0n) is 14.5. The molecule has 25 heavy (non-hydrogen) atoms. The summed E-state index contributed by atoms with van der Waals surface area (Å²) in [6, 6.07) is 1.48. The molecule has 0 spiro atoms. The summed E-state index contributed by atoms with van der Waals surface area (Å²) in [5, 5.41) is 9.98. The third-order valence-corrected chi connectivity index (χ3v) is 4.58. The number of carbonyl (C=O) groups excluding carboxylic acids is 3. The summed E-state index contributed by atoms with van der Waals surface area (Å²) in [5.41, 5.74) is 0.664. The standard InChI is InChI=1S/C17H23N5O3/c1-4-15(23)21-8-12(9-21)5-10(2)18-16(24)13-6-14-17(25)19-11(3)7-22(14)20-13/h4,6,10-12H,1,5,7-9H2,2-3H3,(H,18,24)(H,19,25). The molecule has 2 unspecified atom stereocenters. The summed E-state index contributed by atoms with van der Waals surface area (Å²) in [6.07, 6.45) is 2.11. The molecule has 2 atom stereocenters. The van der Waals surface area contributed by atoms with E-state index in [2.05, 4.69) is 22.3 Å². The van der Waals surface area contributed by atoms with Crippen LogP contribution in [0.4, 0.5) is 0 Å². The van der Waals surface area contributed by atoms with Crippen LogP contribution in [0, 0.1) is 5.92 Å². The van der Waals surface area contributed by atoms with E-state index < -0.39 is 0 Å². The Labute approximate surface area is 146 Å². The summed E-state index contributed by atoms with van der Waals surface area (Å²) in [5.74, 6) is -0.168. The monoisotopic (exact) mass is 345 g/mol. The molecule has 0 saturated carbocycles. The van der Waals surface area contributed by atoms with Crippen molar-refractivity contribution < 1.29 is 14.4 Å². The largest absolute Gasteiger partial charge is 0.348 e. The number of carbonyl (C=O) groups is 3. The molecule has 8 heteroatoms. The first-order chi connectivity index (χ1) is 11.9. The average molecular weight is 345 g/mol. The second-order valence-electron chi connectivity index (χ2n) is 6.90. The number of nitrogens with one attached hydrogen (secondary N) is 2. The highest BCUT2D eigenvalue weighted by Crippen LogP contribution is 2.21. The number of hydrogen-bond acceptors (Lipinski definition) is 4. The number of likely N-dealkylation sites (tertiary alicyclic amines) is 1. The van der Waals surface area contributed by atoms with E-state index in [1.165, 1.54) is 12.1 Å². The van der Waals surface area contributed by atoms with E-state index in [4.69, 9.17) is 0 Å². The van der Waals surface area contributed by atoms with Gasteiger partial charge in [0.05, 0.1) is 6.54 Å². The van der Waals surface area contributed by atoms with Crippen LogP contribution in [0.15, 0.2) is 18.7 Å². The van der Waals surface area contributed by atoms with Gasteiger partial charge in [0.15, 0.2) is 5.69 Å². The molecular weight excluding hydrogens is 322 g/mol. The second-order valence-corrected chi connectivity index (χ2v) is 6.90. The molecule has 8 nitrogen and oxygen atoms in total. The van der Waals surface area contributed by atoms with Crippen LogP contribution in [-0.2, 0) is 11.3 Å². The van der Waals surface area contributed by atoms with Crippen LogP contribution in [0.3, 0.4) is 0 Å². The van der Waals surface area contributed by atoms with E-state index in [0.717, 1.165) is 6.42 Å². The fourth-order valence-electron chi connectivity index (χ4n) is 3.34. The van der Waals surface area contributed by atoms with Crippen molar-refractivity contribution >= 4 is 17.7 Å². The lowest BCUT2D eigenvalue weighted by molar-refractivity contribution is -0.132. The predicted molar refractivity (Wildman–Crippen MR) is 91.0 cm³/mol. The SMILES string of the molecule is C=CC(=O)N1CC(CC(C)NC(=O)c2cc3n(n2)CC(C)NC3=O)C1. The fourth-order valence-corrected chi connectivity index (χ4v) is 3.34. The van der Waals surface area contributed by atoms with Crippen LogP contribution in [0.2, 0.25) is 0 Å². The van der Waals surface area contributed by atoms with Crippen LogP contribution in [-0.4, -0.2) is 57.6 Å². The van der Waals surface area contributed by atoms with Crippen molar-refractivity contribution in [1.29, 1.82) is 0 Å². The first kappa shape index (κ1) is 17.2. The van der Waals surface area contributed by atoms with Gasteiger partial charge in [0.25, 0.3) is 11.8 Å². The minimum Gasteiger partial charge on any atom is -0.348 e. The van der Waals surface area contributed by atoms with Gasteiger partial charge in [0.1, 0.15) is 5.69 Å². The smallest absolute Gasteiger partial charge is 0.272 e. The molecule has 0 aliphatic carbocycles. The Morgan fingerprint density at radius 2 is 2.20 bits per heavy atom. The summed E-state index contributed by atoms with van der Waals surface area (Å²) in [4.78, 5) is 37.4. The molecule has 2 aliphatic rings. The van der Waals surface area contributed by atoms with Crippen LogP contribution in [0.5, 0.6) is 0 Å². The molecule has 1 fully saturated rings. The summed E-state index contributed by atoms with van der Waals surface area (Å²) in [7, 11) is 0. The lowest BCUT2D eigenvalue weighted by Crippen LogP contribution is -2.51. The van der Waals surface area contributed by atoms with Crippen molar-refractivity contribution in [2.24, 2.45) is 5.92 Å². The maximum absolute atomic E-state index is 12.4. The minimum absolute atomic E-state index is 0.00502. The molecule has 0 bridgehead atoms.